The van der Waals surface area contributed by atoms with Gasteiger partial charge in [0, 0.05) is 69.9 Å². The second kappa shape index (κ2) is 13.1. The second-order valence-electron chi connectivity index (χ2n) is 14.8. The molecule has 12 aromatic rings. The van der Waals surface area contributed by atoms with E-state index in [2.05, 4.69) is 180 Å². The van der Waals surface area contributed by atoms with Crippen LogP contribution in [0.15, 0.2) is 194 Å². The highest BCUT2D eigenvalue weighted by Crippen LogP contribution is 2.44. The molecule has 0 aliphatic carbocycles. The molecule has 0 aliphatic heterocycles. The number of hydrogen-bond donors (Lipinski definition) is 0. The Balaban J connectivity index is 1.01. The molecule has 0 atom stereocenters. The van der Waals surface area contributed by atoms with E-state index in [-0.39, 0.29) is 0 Å². The van der Waals surface area contributed by atoms with Crippen LogP contribution >= 0.6 is 11.3 Å². The summed E-state index contributed by atoms with van der Waals surface area (Å²) in [5.41, 5.74) is 10.4. The van der Waals surface area contributed by atoms with Crippen LogP contribution in [0, 0.1) is 0 Å². The van der Waals surface area contributed by atoms with Crippen LogP contribution in [0.4, 0.5) is 0 Å². The number of pyridine rings is 1. The number of fused-ring (bicyclic) bond motifs is 10. The summed E-state index contributed by atoms with van der Waals surface area (Å²) < 4.78 is 4.86. The van der Waals surface area contributed by atoms with Crippen LogP contribution in [0.3, 0.4) is 0 Å². The van der Waals surface area contributed by atoms with E-state index in [0.717, 1.165) is 67.0 Å². The van der Waals surface area contributed by atoms with Crippen LogP contribution < -0.4 is 0 Å². The van der Waals surface area contributed by atoms with Gasteiger partial charge in [-0.2, -0.15) is 0 Å². The molecule has 0 saturated heterocycles. The third kappa shape index (κ3) is 5.18. The van der Waals surface area contributed by atoms with Gasteiger partial charge in [-0.25, -0.2) is 15.0 Å². The van der Waals surface area contributed by atoms with E-state index in [1.165, 1.54) is 41.7 Å². The van der Waals surface area contributed by atoms with Crippen LogP contribution in [-0.4, -0.2) is 19.5 Å². The first kappa shape index (κ1) is 32.7. The van der Waals surface area contributed by atoms with Crippen molar-refractivity contribution in [2.75, 3.05) is 0 Å². The van der Waals surface area contributed by atoms with E-state index in [4.69, 9.17) is 15.0 Å². The van der Waals surface area contributed by atoms with E-state index < -0.39 is 0 Å². The van der Waals surface area contributed by atoms with Crippen LogP contribution in [0.1, 0.15) is 0 Å². The Morgan fingerprint density at radius 1 is 0.362 bits per heavy atom. The Morgan fingerprint density at radius 3 is 1.71 bits per heavy atom. The molecule has 0 saturated carbocycles. The van der Waals surface area contributed by atoms with Gasteiger partial charge in [-0.05, 0) is 41.5 Å². The molecule has 5 heteroatoms. The van der Waals surface area contributed by atoms with E-state index in [9.17, 15) is 0 Å². The summed E-state index contributed by atoms with van der Waals surface area (Å²) >= 11 is 1.86. The molecule has 12 rings (SSSR count). The van der Waals surface area contributed by atoms with E-state index in [1.54, 1.807) is 0 Å². The van der Waals surface area contributed by atoms with Crippen molar-refractivity contribution in [2.45, 2.75) is 0 Å². The quantitative estimate of drug-likeness (QED) is 0.164. The van der Waals surface area contributed by atoms with Crippen molar-refractivity contribution in [1.82, 2.24) is 19.5 Å². The van der Waals surface area contributed by atoms with E-state index in [0.29, 0.717) is 5.82 Å². The van der Waals surface area contributed by atoms with Crippen LogP contribution in [0.5, 0.6) is 0 Å². The molecule has 58 heavy (non-hydrogen) atoms. The molecule has 4 nitrogen and oxygen atoms in total. The summed E-state index contributed by atoms with van der Waals surface area (Å²) in [7, 11) is 0. The molecule has 4 heterocycles. The Bertz CT molecular complexity index is 3500. The minimum Gasteiger partial charge on any atom is -0.294 e. The lowest BCUT2D eigenvalue weighted by atomic mass is 9.94. The molecule has 0 spiro atoms. The fraction of sp³-hybridized carbons (Fsp3) is 0. The number of aromatic nitrogens is 4. The normalized spacial score (nSPS) is 11.8. The molecule has 8 aromatic carbocycles. The van der Waals surface area contributed by atoms with Crippen LogP contribution in [0.2, 0.25) is 0 Å². The molecule has 0 radical (unpaired) electrons. The number of rotatable bonds is 5. The molecular formula is C53H32N4S. The van der Waals surface area contributed by atoms with Gasteiger partial charge in [-0.3, -0.25) is 4.57 Å². The van der Waals surface area contributed by atoms with Gasteiger partial charge < -0.3 is 0 Å². The van der Waals surface area contributed by atoms with Gasteiger partial charge in [0.2, 0.25) is 0 Å². The van der Waals surface area contributed by atoms with Crippen molar-refractivity contribution in [3.63, 3.8) is 0 Å². The number of para-hydroxylation sites is 2. The standard InChI is InChI=1S/C53H32N4S/c1-3-13-35(14-4-1)52-42-29-30-48-51(41-19-9-12-22-47(41)58-48)50(42)40-28-27-37(31-44(40)54-52)33-23-25-34(26-24-33)43-32-49(56-53(55-43)36-15-5-2-6-16-36)57-45-20-10-7-17-38(45)39-18-8-11-21-46(39)57/h1-32H. The van der Waals surface area contributed by atoms with Crippen molar-refractivity contribution in [3.05, 3.63) is 194 Å². The van der Waals surface area contributed by atoms with Crippen molar-refractivity contribution < 1.29 is 0 Å². The third-order valence-corrected chi connectivity index (χ3v) is 12.5. The highest BCUT2D eigenvalue weighted by Gasteiger charge is 2.19. The lowest BCUT2D eigenvalue weighted by molar-refractivity contribution is 1.05. The summed E-state index contributed by atoms with van der Waals surface area (Å²) in [6.45, 7) is 0. The first-order valence-corrected chi connectivity index (χ1v) is 20.3. The Morgan fingerprint density at radius 2 is 0.966 bits per heavy atom. The van der Waals surface area contributed by atoms with Crippen molar-refractivity contribution in [3.8, 4) is 50.8 Å². The predicted octanol–water partition coefficient (Wildman–Crippen LogP) is 14.3. The summed E-state index contributed by atoms with van der Waals surface area (Å²) in [6, 6.07) is 68.8. The zero-order valence-corrected chi connectivity index (χ0v) is 32.0. The summed E-state index contributed by atoms with van der Waals surface area (Å²) in [4.78, 5) is 15.8. The van der Waals surface area contributed by atoms with E-state index >= 15 is 0 Å². The number of hydrogen-bond acceptors (Lipinski definition) is 4. The maximum absolute atomic E-state index is 5.40. The molecule has 0 unspecified atom stereocenters. The van der Waals surface area contributed by atoms with Crippen LogP contribution in [0.25, 0.3) is 115 Å². The Hall–Kier alpha value is -7.47. The van der Waals surface area contributed by atoms with Gasteiger partial charge in [0.15, 0.2) is 5.82 Å². The van der Waals surface area contributed by atoms with Gasteiger partial charge in [-0.15, -0.1) is 11.3 Å². The van der Waals surface area contributed by atoms with Gasteiger partial charge in [0.25, 0.3) is 0 Å². The summed E-state index contributed by atoms with van der Waals surface area (Å²) in [5.74, 6) is 1.52. The number of thiophene rings is 1. The molecule has 0 fully saturated rings. The molecule has 4 aromatic heterocycles. The molecule has 0 N–H and O–H groups in total. The highest BCUT2D eigenvalue weighted by molar-refractivity contribution is 7.26. The lowest BCUT2D eigenvalue weighted by Gasteiger charge is -2.13. The zero-order valence-electron chi connectivity index (χ0n) is 31.2. The maximum Gasteiger partial charge on any atom is 0.162 e. The Labute approximate surface area is 338 Å². The minimum absolute atomic E-state index is 0.689. The molecule has 0 amide bonds. The predicted molar refractivity (Wildman–Crippen MR) is 244 cm³/mol. The fourth-order valence-corrected chi connectivity index (χ4v) is 9.84. The van der Waals surface area contributed by atoms with Crippen molar-refractivity contribution in [1.29, 1.82) is 0 Å². The summed E-state index contributed by atoms with van der Waals surface area (Å²) in [6.07, 6.45) is 0. The highest BCUT2D eigenvalue weighted by atomic mass is 32.1. The SMILES string of the molecule is c1ccc(-c2nc(-c3ccc(-c4ccc5c(c4)nc(-c4ccccc4)c4ccc6sc7ccccc7c6c45)cc3)cc(-n3c4ccccc4c4ccccc43)n2)cc1. The number of nitrogens with zero attached hydrogens (tertiary/aromatic N) is 4. The third-order valence-electron chi connectivity index (χ3n) is 11.4. The monoisotopic (exact) mass is 756 g/mol. The largest absolute Gasteiger partial charge is 0.294 e. The van der Waals surface area contributed by atoms with Gasteiger partial charge in [-0.1, -0.05) is 158 Å². The second-order valence-corrected chi connectivity index (χ2v) is 15.8. The van der Waals surface area contributed by atoms with Crippen molar-refractivity contribution in [2.24, 2.45) is 0 Å². The Kier molecular flexibility index (Phi) is 7.37. The van der Waals surface area contributed by atoms with Crippen LogP contribution in [-0.2, 0) is 0 Å². The first-order valence-electron chi connectivity index (χ1n) is 19.5. The topological polar surface area (TPSA) is 43.6 Å². The number of benzene rings is 8. The molecule has 0 bridgehead atoms. The average molecular weight is 757 g/mol. The fourth-order valence-electron chi connectivity index (χ4n) is 8.72. The molecule has 270 valence electrons. The smallest absolute Gasteiger partial charge is 0.162 e. The van der Waals surface area contributed by atoms with Gasteiger partial charge in [0.05, 0.1) is 27.9 Å². The lowest BCUT2D eigenvalue weighted by Crippen LogP contribution is -2.02. The van der Waals surface area contributed by atoms with Crippen molar-refractivity contribution >= 4 is 75.0 Å². The molecule has 0 aliphatic rings. The molecular weight excluding hydrogens is 725 g/mol. The maximum atomic E-state index is 5.40. The average Bonchev–Trinajstić information content (AvgIpc) is 3.85. The summed E-state index contributed by atoms with van der Waals surface area (Å²) in [5, 5.41) is 8.60. The van der Waals surface area contributed by atoms with E-state index in [1.807, 2.05) is 29.5 Å². The zero-order chi connectivity index (χ0) is 38.2. The van der Waals surface area contributed by atoms with Gasteiger partial charge >= 0.3 is 0 Å². The minimum atomic E-state index is 0.689. The first-order chi connectivity index (χ1) is 28.7. The van der Waals surface area contributed by atoms with Gasteiger partial charge in [0.1, 0.15) is 5.82 Å².